The molecule has 0 radical (unpaired) electrons. The fourth-order valence-electron chi connectivity index (χ4n) is 3.22. The maximum Gasteiger partial charge on any atom is 0.238 e. The average molecular weight is 359 g/mol. The van der Waals surface area contributed by atoms with Gasteiger partial charge in [-0.25, -0.2) is 14.4 Å². The van der Waals surface area contributed by atoms with E-state index >= 15 is 0 Å². The quantitative estimate of drug-likeness (QED) is 0.520. The van der Waals surface area contributed by atoms with Crippen LogP contribution in [0.4, 0.5) is 4.39 Å². The molecule has 0 saturated heterocycles. The molecule has 1 N–H and O–H groups in total. The van der Waals surface area contributed by atoms with Crippen molar-refractivity contribution in [3.8, 4) is 23.0 Å². The van der Waals surface area contributed by atoms with Crippen molar-refractivity contribution in [2.75, 3.05) is 0 Å². The Labute approximate surface area is 153 Å². The van der Waals surface area contributed by atoms with Gasteiger partial charge < -0.3 is 9.67 Å². The summed E-state index contributed by atoms with van der Waals surface area (Å²) in [7, 11) is 1.91. The molecule has 0 aliphatic carbocycles. The summed E-state index contributed by atoms with van der Waals surface area (Å²) < 4.78 is 17.0. The lowest BCUT2D eigenvalue weighted by molar-refractivity contribution is 0.476. The zero-order chi connectivity index (χ0) is 18.5. The highest BCUT2D eigenvalue weighted by Crippen LogP contribution is 2.29. The number of hydrogen-bond acceptors (Lipinski definition) is 4. The third kappa shape index (κ3) is 2.43. The standard InChI is InChI=1S/C20H14FN5O/c1-25-9-8-15-18(12-2-4-13(21)5-3-12)23-20(24-19(15)25)26-11-22-16-10-14(27)6-7-17(16)26/h2-11,27H,1H3. The van der Waals surface area contributed by atoms with E-state index in [0.29, 0.717) is 11.5 Å². The van der Waals surface area contributed by atoms with Gasteiger partial charge in [0.1, 0.15) is 23.5 Å². The van der Waals surface area contributed by atoms with Crippen molar-refractivity contribution in [1.82, 2.24) is 24.1 Å². The lowest BCUT2D eigenvalue weighted by Gasteiger charge is -2.09. The highest BCUT2D eigenvalue weighted by molar-refractivity contribution is 5.92. The second-order valence-electron chi connectivity index (χ2n) is 6.33. The predicted molar refractivity (Wildman–Crippen MR) is 100 cm³/mol. The monoisotopic (exact) mass is 359 g/mol. The molecule has 27 heavy (non-hydrogen) atoms. The molecule has 0 aliphatic heterocycles. The third-order valence-corrected chi connectivity index (χ3v) is 4.58. The molecule has 132 valence electrons. The van der Waals surface area contributed by atoms with Gasteiger partial charge in [0, 0.05) is 30.3 Å². The van der Waals surface area contributed by atoms with Gasteiger partial charge >= 0.3 is 0 Å². The summed E-state index contributed by atoms with van der Waals surface area (Å²) in [5.41, 5.74) is 3.72. The smallest absolute Gasteiger partial charge is 0.238 e. The average Bonchev–Trinajstić information content (AvgIpc) is 3.25. The minimum absolute atomic E-state index is 0.151. The number of phenols is 1. The fourth-order valence-corrected chi connectivity index (χ4v) is 3.22. The van der Waals surface area contributed by atoms with Crippen molar-refractivity contribution in [1.29, 1.82) is 0 Å². The third-order valence-electron chi connectivity index (χ3n) is 4.58. The Morgan fingerprint density at radius 3 is 2.63 bits per heavy atom. The summed E-state index contributed by atoms with van der Waals surface area (Å²) in [5, 5.41) is 10.5. The first-order chi connectivity index (χ1) is 13.1. The Kier molecular flexibility index (Phi) is 3.24. The van der Waals surface area contributed by atoms with Gasteiger partial charge in [-0.05, 0) is 42.5 Å². The van der Waals surface area contributed by atoms with Gasteiger partial charge in [-0.3, -0.25) is 4.57 Å². The van der Waals surface area contributed by atoms with Gasteiger partial charge in [0.15, 0.2) is 0 Å². The normalized spacial score (nSPS) is 11.5. The number of benzene rings is 2. The van der Waals surface area contributed by atoms with Crippen molar-refractivity contribution in [2.24, 2.45) is 7.05 Å². The Morgan fingerprint density at radius 2 is 1.81 bits per heavy atom. The van der Waals surface area contributed by atoms with E-state index < -0.39 is 0 Å². The molecule has 7 heteroatoms. The summed E-state index contributed by atoms with van der Waals surface area (Å²) in [5.74, 6) is 0.313. The Bertz CT molecular complexity index is 1300. The molecule has 0 fully saturated rings. The van der Waals surface area contributed by atoms with Crippen molar-refractivity contribution in [2.45, 2.75) is 0 Å². The van der Waals surface area contributed by atoms with E-state index in [2.05, 4.69) is 4.98 Å². The number of imidazole rings is 1. The van der Waals surface area contributed by atoms with Crippen molar-refractivity contribution in [3.05, 3.63) is 66.9 Å². The van der Waals surface area contributed by atoms with Crippen LogP contribution in [-0.4, -0.2) is 29.2 Å². The van der Waals surface area contributed by atoms with Crippen LogP contribution in [0, 0.1) is 5.82 Å². The summed E-state index contributed by atoms with van der Waals surface area (Å²) in [4.78, 5) is 13.8. The van der Waals surface area contributed by atoms with Gasteiger partial charge in [-0.15, -0.1) is 0 Å². The molecule has 5 aromatic rings. The highest BCUT2D eigenvalue weighted by atomic mass is 19.1. The van der Waals surface area contributed by atoms with Crippen LogP contribution in [0.5, 0.6) is 5.75 Å². The van der Waals surface area contributed by atoms with E-state index in [0.717, 1.165) is 27.8 Å². The number of phenolic OH excluding ortho intramolecular Hbond substituents is 1. The Morgan fingerprint density at radius 1 is 1.00 bits per heavy atom. The molecule has 0 aliphatic rings. The first-order valence-electron chi connectivity index (χ1n) is 8.35. The number of halogens is 1. The second kappa shape index (κ2) is 5.63. The Balaban J connectivity index is 1.80. The van der Waals surface area contributed by atoms with Crippen molar-refractivity contribution >= 4 is 22.1 Å². The fraction of sp³-hybridized carbons (Fsp3) is 0.0500. The molecule has 0 saturated carbocycles. The van der Waals surface area contributed by atoms with E-state index in [9.17, 15) is 9.50 Å². The second-order valence-corrected chi connectivity index (χ2v) is 6.33. The first kappa shape index (κ1) is 15.5. The maximum absolute atomic E-state index is 13.4. The van der Waals surface area contributed by atoms with E-state index in [1.807, 2.05) is 23.9 Å². The van der Waals surface area contributed by atoms with E-state index in [1.54, 1.807) is 41.2 Å². The van der Waals surface area contributed by atoms with E-state index in [-0.39, 0.29) is 11.6 Å². The topological polar surface area (TPSA) is 68.8 Å². The number of aryl methyl sites for hydroxylation is 1. The summed E-state index contributed by atoms with van der Waals surface area (Å²) in [6.45, 7) is 0. The van der Waals surface area contributed by atoms with Crippen LogP contribution in [-0.2, 0) is 7.05 Å². The molecule has 0 spiro atoms. The van der Waals surface area contributed by atoms with Gasteiger partial charge in [-0.1, -0.05) is 0 Å². The molecule has 0 bridgehead atoms. The number of nitrogens with zero attached hydrogens (tertiary/aromatic N) is 5. The van der Waals surface area contributed by atoms with Crippen LogP contribution in [0.15, 0.2) is 61.1 Å². The molecular formula is C20H14FN5O. The molecule has 2 aromatic carbocycles. The minimum atomic E-state index is -0.294. The maximum atomic E-state index is 13.4. The molecule has 0 amide bonds. The summed E-state index contributed by atoms with van der Waals surface area (Å²) in [6.07, 6.45) is 3.54. The predicted octanol–water partition coefficient (Wildman–Crippen LogP) is 3.82. The van der Waals surface area contributed by atoms with Crippen LogP contribution in [0.3, 0.4) is 0 Å². The van der Waals surface area contributed by atoms with Crippen LogP contribution >= 0.6 is 0 Å². The van der Waals surface area contributed by atoms with Gasteiger partial charge in [0.25, 0.3) is 0 Å². The number of hydrogen-bond donors (Lipinski definition) is 1. The van der Waals surface area contributed by atoms with Gasteiger partial charge in [-0.2, -0.15) is 4.98 Å². The van der Waals surface area contributed by atoms with Crippen LogP contribution in [0.25, 0.3) is 39.3 Å². The lowest BCUT2D eigenvalue weighted by atomic mass is 10.1. The first-order valence-corrected chi connectivity index (χ1v) is 8.35. The summed E-state index contributed by atoms with van der Waals surface area (Å²) >= 11 is 0. The minimum Gasteiger partial charge on any atom is -0.508 e. The van der Waals surface area contributed by atoms with Crippen LogP contribution in [0.1, 0.15) is 0 Å². The zero-order valence-electron chi connectivity index (χ0n) is 14.3. The van der Waals surface area contributed by atoms with Crippen molar-refractivity contribution in [3.63, 3.8) is 0 Å². The number of rotatable bonds is 2. The lowest BCUT2D eigenvalue weighted by Crippen LogP contribution is -2.03. The SMILES string of the molecule is Cn1ccc2c(-c3ccc(F)cc3)nc(-n3cnc4cc(O)ccc43)nc21. The molecule has 5 rings (SSSR count). The van der Waals surface area contributed by atoms with Gasteiger partial charge in [0.05, 0.1) is 16.7 Å². The van der Waals surface area contributed by atoms with Gasteiger partial charge in [0.2, 0.25) is 5.95 Å². The van der Waals surface area contributed by atoms with E-state index in [4.69, 9.17) is 9.97 Å². The zero-order valence-corrected chi connectivity index (χ0v) is 14.3. The number of aromatic nitrogens is 5. The largest absolute Gasteiger partial charge is 0.508 e. The highest BCUT2D eigenvalue weighted by Gasteiger charge is 2.15. The number of fused-ring (bicyclic) bond motifs is 2. The molecule has 3 heterocycles. The molecule has 3 aromatic heterocycles. The van der Waals surface area contributed by atoms with E-state index in [1.165, 1.54) is 12.1 Å². The number of aromatic hydroxyl groups is 1. The summed E-state index contributed by atoms with van der Waals surface area (Å²) in [6, 6.07) is 13.2. The van der Waals surface area contributed by atoms with Crippen LogP contribution < -0.4 is 0 Å². The molecule has 0 atom stereocenters. The molecule has 0 unspecified atom stereocenters. The molecule has 6 nitrogen and oxygen atoms in total. The Hall–Kier alpha value is -3.74. The van der Waals surface area contributed by atoms with Crippen LogP contribution in [0.2, 0.25) is 0 Å². The molecular weight excluding hydrogens is 345 g/mol. The van der Waals surface area contributed by atoms with Crippen molar-refractivity contribution < 1.29 is 9.50 Å².